The minimum Gasteiger partial charge on any atom is -0.372 e. The summed E-state index contributed by atoms with van der Waals surface area (Å²) in [5.41, 5.74) is 1.85. The molecule has 0 bridgehead atoms. The predicted molar refractivity (Wildman–Crippen MR) is 100 cm³/mol. The molecular formula is C18H25N5O3. The number of hydrogen-bond donors (Lipinski definition) is 1. The van der Waals surface area contributed by atoms with E-state index >= 15 is 0 Å². The molecule has 2 rings (SSSR count). The third kappa shape index (κ3) is 4.81. The maximum Gasteiger partial charge on any atom is 0.312 e. The summed E-state index contributed by atoms with van der Waals surface area (Å²) in [7, 11) is 0. The fourth-order valence-electron chi connectivity index (χ4n) is 2.90. The van der Waals surface area contributed by atoms with Crippen molar-refractivity contribution in [3.8, 4) is 0 Å². The summed E-state index contributed by atoms with van der Waals surface area (Å²) in [6.45, 7) is 7.54. The Kier molecular flexibility index (Phi) is 6.71. The number of carbonyl (C=O) groups is 1. The van der Waals surface area contributed by atoms with Gasteiger partial charge in [0.15, 0.2) is 0 Å². The van der Waals surface area contributed by atoms with Crippen molar-refractivity contribution in [2.45, 2.75) is 33.7 Å². The van der Waals surface area contributed by atoms with Gasteiger partial charge in [-0.2, -0.15) is 5.10 Å². The van der Waals surface area contributed by atoms with Gasteiger partial charge in [0.25, 0.3) is 0 Å². The van der Waals surface area contributed by atoms with E-state index in [4.69, 9.17) is 0 Å². The first kappa shape index (κ1) is 19.4. The van der Waals surface area contributed by atoms with E-state index in [0.29, 0.717) is 17.9 Å². The number of aryl methyl sites for hydroxylation is 1. The van der Waals surface area contributed by atoms with Gasteiger partial charge < -0.3 is 10.2 Å². The topological polar surface area (TPSA) is 93.3 Å². The van der Waals surface area contributed by atoms with Gasteiger partial charge in [0.2, 0.25) is 5.91 Å². The largest absolute Gasteiger partial charge is 0.372 e. The Morgan fingerprint density at radius 1 is 1.31 bits per heavy atom. The summed E-state index contributed by atoms with van der Waals surface area (Å²) < 4.78 is 1.38. The second kappa shape index (κ2) is 8.98. The molecule has 1 aromatic heterocycles. The third-order valence-electron chi connectivity index (χ3n) is 4.25. The van der Waals surface area contributed by atoms with Crippen LogP contribution in [0.5, 0.6) is 0 Å². The lowest BCUT2D eigenvalue weighted by atomic mass is 10.2. The van der Waals surface area contributed by atoms with E-state index in [1.54, 1.807) is 13.8 Å². The molecule has 2 aromatic rings. The Balaban J connectivity index is 1.81. The van der Waals surface area contributed by atoms with Gasteiger partial charge in [-0.25, -0.2) is 0 Å². The van der Waals surface area contributed by atoms with Gasteiger partial charge in [-0.1, -0.05) is 18.2 Å². The van der Waals surface area contributed by atoms with E-state index in [-0.39, 0.29) is 18.1 Å². The van der Waals surface area contributed by atoms with Gasteiger partial charge in [-0.3, -0.25) is 19.6 Å². The lowest BCUT2D eigenvalue weighted by Crippen LogP contribution is -2.32. The quantitative estimate of drug-likeness (QED) is 0.422. The summed E-state index contributed by atoms with van der Waals surface area (Å²) in [6, 6.07) is 10.1. The standard InChI is InChI=1S/C18H25N5O3/c1-4-21(16-9-6-5-7-10-16)12-8-11-19-17(24)13-22-15(3)18(23(25)26)14(2)20-22/h5-7,9-10H,4,8,11-13H2,1-3H3,(H,19,24). The molecule has 1 aromatic carbocycles. The van der Waals surface area contributed by atoms with Crippen LogP contribution in [0.15, 0.2) is 30.3 Å². The molecule has 0 aliphatic rings. The molecule has 1 N–H and O–H groups in total. The zero-order valence-electron chi connectivity index (χ0n) is 15.4. The highest BCUT2D eigenvalue weighted by Crippen LogP contribution is 2.21. The molecular weight excluding hydrogens is 334 g/mol. The Morgan fingerprint density at radius 3 is 2.58 bits per heavy atom. The van der Waals surface area contributed by atoms with E-state index in [0.717, 1.165) is 25.2 Å². The second-order valence-corrected chi connectivity index (χ2v) is 6.05. The van der Waals surface area contributed by atoms with Crippen molar-refractivity contribution in [3.63, 3.8) is 0 Å². The van der Waals surface area contributed by atoms with Crippen LogP contribution in [0.4, 0.5) is 11.4 Å². The van der Waals surface area contributed by atoms with Gasteiger partial charge in [-0.15, -0.1) is 0 Å². The predicted octanol–water partition coefficient (Wildman–Crippen LogP) is 2.44. The average molecular weight is 359 g/mol. The second-order valence-electron chi connectivity index (χ2n) is 6.05. The van der Waals surface area contributed by atoms with E-state index in [1.807, 2.05) is 18.2 Å². The van der Waals surface area contributed by atoms with Crippen LogP contribution in [-0.4, -0.2) is 40.2 Å². The van der Waals surface area contributed by atoms with E-state index in [2.05, 4.69) is 34.4 Å². The number of anilines is 1. The van der Waals surface area contributed by atoms with E-state index in [1.165, 1.54) is 4.68 Å². The maximum atomic E-state index is 12.1. The van der Waals surface area contributed by atoms with Crippen molar-refractivity contribution in [3.05, 3.63) is 51.8 Å². The molecule has 0 saturated carbocycles. The van der Waals surface area contributed by atoms with Crippen molar-refractivity contribution < 1.29 is 9.72 Å². The number of benzene rings is 1. The van der Waals surface area contributed by atoms with Crippen LogP contribution in [-0.2, 0) is 11.3 Å². The Bertz CT molecular complexity index is 758. The summed E-state index contributed by atoms with van der Waals surface area (Å²) in [6.07, 6.45) is 0.811. The molecule has 0 saturated heterocycles. The fraction of sp³-hybridized carbons (Fsp3) is 0.444. The Morgan fingerprint density at radius 2 is 2.00 bits per heavy atom. The minimum atomic E-state index is -0.463. The number of para-hydroxylation sites is 1. The van der Waals surface area contributed by atoms with Crippen molar-refractivity contribution in [1.29, 1.82) is 0 Å². The van der Waals surface area contributed by atoms with Gasteiger partial charge in [0.05, 0.1) is 4.92 Å². The molecule has 0 atom stereocenters. The molecule has 0 spiro atoms. The van der Waals surface area contributed by atoms with Gasteiger partial charge in [0.1, 0.15) is 17.9 Å². The van der Waals surface area contributed by atoms with E-state index < -0.39 is 4.92 Å². The summed E-state index contributed by atoms with van der Waals surface area (Å²) >= 11 is 0. The average Bonchev–Trinajstić information content (AvgIpc) is 2.89. The number of aromatic nitrogens is 2. The van der Waals surface area contributed by atoms with Crippen LogP contribution in [0.2, 0.25) is 0 Å². The number of hydrogen-bond acceptors (Lipinski definition) is 5. The highest BCUT2D eigenvalue weighted by molar-refractivity contribution is 5.75. The first-order valence-corrected chi connectivity index (χ1v) is 8.69. The lowest BCUT2D eigenvalue weighted by Gasteiger charge is -2.23. The molecule has 140 valence electrons. The Labute approximate surface area is 153 Å². The van der Waals surface area contributed by atoms with Crippen LogP contribution in [0.1, 0.15) is 24.7 Å². The molecule has 0 aliphatic heterocycles. The monoisotopic (exact) mass is 359 g/mol. The summed E-state index contributed by atoms with van der Waals surface area (Å²) in [5.74, 6) is -0.201. The van der Waals surface area contributed by atoms with Crippen LogP contribution in [0, 0.1) is 24.0 Å². The van der Waals surface area contributed by atoms with Crippen LogP contribution >= 0.6 is 0 Å². The lowest BCUT2D eigenvalue weighted by molar-refractivity contribution is -0.386. The number of nitrogens with zero attached hydrogens (tertiary/aromatic N) is 4. The smallest absolute Gasteiger partial charge is 0.312 e. The summed E-state index contributed by atoms with van der Waals surface area (Å²) in [4.78, 5) is 24.9. The SMILES string of the molecule is CCN(CCCNC(=O)Cn1nc(C)c([N+](=O)[O-])c1C)c1ccccc1. The number of nitrogens with one attached hydrogen (secondary N) is 1. The summed E-state index contributed by atoms with van der Waals surface area (Å²) in [5, 5.41) is 17.9. The van der Waals surface area contributed by atoms with Gasteiger partial charge in [-0.05, 0) is 39.3 Å². The highest BCUT2D eigenvalue weighted by atomic mass is 16.6. The zero-order chi connectivity index (χ0) is 19.1. The highest BCUT2D eigenvalue weighted by Gasteiger charge is 2.22. The van der Waals surface area contributed by atoms with Crippen molar-refractivity contribution in [2.75, 3.05) is 24.5 Å². The number of carbonyl (C=O) groups excluding carboxylic acids is 1. The third-order valence-corrected chi connectivity index (χ3v) is 4.25. The first-order valence-electron chi connectivity index (χ1n) is 8.69. The van der Waals surface area contributed by atoms with Crippen molar-refractivity contribution >= 4 is 17.3 Å². The van der Waals surface area contributed by atoms with Crippen LogP contribution < -0.4 is 10.2 Å². The molecule has 0 fully saturated rings. The molecule has 8 heteroatoms. The molecule has 1 amide bonds. The van der Waals surface area contributed by atoms with Crippen LogP contribution in [0.3, 0.4) is 0 Å². The van der Waals surface area contributed by atoms with Crippen molar-refractivity contribution in [2.24, 2.45) is 0 Å². The normalized spacial score (nSPS) is 10.6. The molecule has 0 aliphatic carbocycles. The fourth-order valence-corrected chi connectivity index (χ4v) is 2.90. The van der Waals surface area contributed by atoms with Crippen molar-refractivity contribution in [1.82, 2.24) is 15.1 Å². The Hall–Kier alpha value is -2.90. The zero-order valence-corrected chi connectivity index (χ0v) is 15.4. The number of rotatable bonds is 9. The minimum absolute atomic E-state index is 0.0172. The molecule has 26 heavy (non-hydrogen) atoms. The molecule has 1 heterocycles. The van der Waals surface area contributed by atoms with Gasteiger partial charge >= 0.3 is 5.69 Å². The number of amides is 1. The van der Waals surface area contributed by atoms with Crippen LogP contribution in [0.25, 0.3) is 0 Å². The first-order chi connectivity index (χ1) is 12.4. The maximum absolute atomic E-state index is 12.1. The molecule has 0 unspecified atom stereocenters. The molecule has 8 nitrogen and oxygen atoms in total. The van der Waals surface area contributed by atoms with Gasteiger partial charge in [0, 0.05) is 25.3 Å². The van der Waals surface area contributed by atoms with E-state index in [9.17, 15) is 14.9 Å². The number of nitro groups is 1. The molecule has 0 radical (unpaired) electrons.